The standard InChI is InChI=1S/C29H32N4O4S/c1-16(2)14-33-23(24(29(3,4)5)32-28(36)37)22(17-9-7-6-8-10-17)20-13-18(11-12-19(20)27(33)35)26-31-21(15-38-26)25(30)34/h6-13,15-16,24,32H,14H2,1-5H3,(H2,30,34)(H,36,37). The number of carbonyl (C=O) groups is 2. The predicted octanol–water partition coefficient (Wildman–Crippen LogP) is 5.90. The van der Waals surface area contributed by atoms with Crippen LogP contribution in [0.15, 0.2) is 58.7 Å². The highest BCUT2D eigenvalue weighted by Gasteiger charge is 2.34. The lowest BCUT2D eigenvalue weighted by atomic mass is 9.80. The summed E-state index contributed by atoms with van der Waals surface area (Å²) in [5.74, 6) is -0.468. The van der Waals surface area contributed by atoms with E-state index >= 15 is 0 Å². The molecule has 0 spiro atoms. The number of carbonyl (C=O) groups excluding carboxylic acids is 1. The van der Waals surface area contributed by atoms with Crippen molar-refractivity contribution in [2.24, 2.45) is 17.1 Å². The van der Waals surface area contributed by atoms with Crippen molar-refractivity contribution in [2.45, 2.75) is 47.2 Å². The van der Waals surface area contributed by atoms with Gasteiger partial charge in [-0.2, -0.15) is 0 Å². The SMILES string of the molecule is CC(C)Cn1c(C(NC(=O)O)C(C)(C)C)c(-c2ccccc2)c2cc(-c3nc(C(N)=O)cs3)ccc2c1=O. The molecule has 0 saturated heterocycles. The van der Waals surface area contributed by atoms with Gasteiger partial charge in [-0.05, 0) is 34.4 Å². The van der Waals surface area contributed by atoms with Crippen LogP contribution in [-0.4, -0.2) is 26.7 Å². The normalized spacial score (nSPS) is 12.6. The number of hydrogen-bond acceptors (Lipinski definition) is 5. The number of carboxylic acid groups (broad SMARTS) is 1. The second-order valence-electron chi connectivity index (χ2n) is 10.8. The van der Waals surface area contributed by atoms with Crippen molar-refractivity contribution in [3.8, 4) is 21.7 Å². The minimum absolute atomic E-state index is 0.139. The average molecular weight is 533 g/mol. The molecule has 8 nitrogen and oxygen atoms in total. The van der Waals surface area contributed by atoms with Crippen molar-refractivity contribution in [2.75, 3.05) is 0 Å². The molecule has 2 aromatic heterocycles. The molecule has 0 aliphatic rings. The van der Waals surface area contributed by atoms with E-state index in [0.717, 1.165) is 16.7 Å². The van der Waals surface area contributed by atoms with Crippen LogP contribution in [0.4, 0.5) is 4.79 Å². The number of hydrogen-bond donors (Lipinski definition) is 3. The molecule has 2 heterocycles. The second kappa shape index (κ2) is 10.4. The number of thiazole rings is 1. The van der Waals surface area contributed by atoms with Crippen molar-refractivity contribution in [3.63, 3.8) is 0 Å². The maximum absolute atomic E-state index is 14.0. The van der Waals surface area contributed by atoms with Crippen molar-refractivity contribution >= 4 is 34.1 Å². The number of nitrogens with zero attached hydrogens (tertiary/aromatic N) is 2. The molecule has 4 aromatic rings. The summed E-state index contributed by atoms with van der Waals surface area (Å²) < 4.78 is 1.73. The topological polar surface area (TPSA) is 127 Å². The third-order valence-corrected chi connectivity index (χ3v) is 7.22. The molecule has 198 valence electrons. The van der Waals surface area contributed by atoms with Crippen LogP contribution in [0.3, 0.4) is 0 Å². The van der Waals surface area contributed by atoms with Gasteiger partial charge in [0.25, 0.3) is 11.5 Å². The summed E-state index contributed by atoms with van der Waals surface area (Å²) in [6.45, 7) is 10.3. The highest BCUT2D eigenvalue weighted by Crippen LogP contribution is 2.42. The van der Waals surface area contributed by atoms with Crippen molar-refractivity contribution < 1.29 is 14.7 Å². The number of rotatable bonds is 7. The van der Waals surface area contributed by atoms with Gasteiger partial charge in [0.15, 0.2) is 0 Å². The highest BCUT2D eigenvalue weighted by atomic mass is 32.1. The summed E-state index contributed by atoms with van der Waals surface area (Å²) in [5, 5.41) is 15.9. The molecular formula is C29H32N4O4S. The van der Waals surface area contributed by atoms with Gasteiger partial charge in [0.05, 0.1) is 11.7 Å². The van der Waals surface area contributed by atoms with E-state index in [1.807, 2.05) is 77.1 Å². The van der Waals surface area contributed by atoms with E-state index in [9.17, 15) is 19.5 Å². The molecule has 0 fully saturated rings. The van der Waals surface area contributed by atoms with E-state index in [0.29, 0.717) is 28.0 Å². The summed E-state index contributed by atoms with van der Waals surface area (Å²) in [5.41, 5.74) is 7.85. The zero-order chi connectivity index (χ0) is 27.8. The Hall–Kier alpha value is -3.98. The van der Waals surface area contributed by atoms with Crippen LogP contribution in [0, 0.1) is 11.3 Å². The maximum atomic E-state index is 14.0. The minimum Gasteiger partial charge on any atom is -0.465 e. The van der Waals surface area contributed by atoms with Gasteiger partial charge in [0.2, 0.25) is 0 Å². The van der Waals surface area contributed by atoms with Crippen LogP contribution in [0.25, 0.3) is 32.5 Å². The Morgan fingerprint density at radius 3 is 2.32 bits per heavy atom. The van der Waals surface area contributed by atoms with Gasteiger partial charge in [-0.25, -0.2) is 9.78 Å². The Bertz CT molecular complexity index is 1570. The van der Waals surface area contributed by atoms with E-state index in [2.05, 4.69) is 10.3 Å². The van der Waals surface area contributed by atoms with Gasteiger partial charge in [-0.1, -0.05) is 71.0 Å². The minimum atomic E-state index is -1.16. The fourth-order valence-electron chi connectivity index (χ4n) is 4.69. The number of amides is 2. The summed E-state index contributed by atoms with van der Waals surface area (Å²) in [7, 11) is 0. The number of primary amides is 1. The first-order chi connectivity index (χ1) is 17.9. The third kappa shape index (κ3) is 5.33. The number of nitrogens with two attached hydrogens (primary N) is 1. The molecule has 0 radical (unpaired) electrons. The summed E-state index contributed by atoms with van der Waals surface area (Å²) in [4.78, 5) is 42.1. The first-order valence-electron chi connectivity index (χ1n) is 12.4. The monoisotopic (exact) mass is 532 g/mol. The molecule has 4 N–H and O–H groups in total. The third-order valence-electron chi connectivity index (χ3n) is 6.33. The van der Waals surface area contributed by atoms with E-state index < -0.39 is 23.5 Å². The smallest absolute Gasteiger partial charge is 0.405 e. The maximum Gasteiger partial charge on any atom is 0.405 e. The van der Waals surface area contributed by atoms with Gasteiger partial charge in [0, 0.05) is 28.4 Å². The van der Waals surface area contributed by atoms with Crippen molar-refractivity contribution in [3.05, 3.63) is 75.7 Å². The van der Waals surface area contributed by atoms with E-state index in [1.54, 1.807) is 16.0 Å². The fraction of sp³-hybridized carbons (Fsp3) is 0.310. The largest absolute Gasteiger partial charge is 0.465 e. The van der Waals surface area contributed by atoms with Gasteiger partial charge in [0.1, 0.15) is 10.7 Å². The Labute approximate surface area is 225 Å². The lowest BCUT2D eigenvalue weighted by molar-refractivity contribution is 0.0996. The Morgan fingerprint density at radius 2 is 1.76 bits per heavy atom. The quantitative estimate of drug-likeness (QED) is 0.273. The molecule has 2 amide bonds. The molecule has 0 aliphatic carbocycles. The van der Waals surface area contributed by atoms with Crippen LogP contribution in [-0.2, 0) is 6.54 Å². The molecule has 0 aliphatic heterocycles. The van der Waals surface area contributed by atoms with Crippen LogP contribution < -0.4 is 16.6 Å². The summed E-state index contributed by atoms with van der Waals surface area (Å²) in [6, 6.07) is 14.5. The van der Waals surface area contributed by atoms with Gasteiger partial charge < -0.3 is 20.7 Å². The fourth-order valence-corrected chi connectivity index (χ4v) is 5.50. The number of pyridine rings is 1. The zero-order valence-electron chi connectivity index (χ0n) is 22.1. The molecule has 0 saturated carbocycles. The molecule has 4 rings (SSSR count). The molecule has 38 heavy (non-hydrogen) atoms. The van der Waals surface area contributed by atoms with Gasteiger partial charge in [-0.3, -0.25) is 9.59 Å². The molecule has 9 heteroatoms. The predicted molar refractivity (Wildman–Crippen MR) is 151 cm³/mol. The molecule has 2 aromatic carbocycles. The van der Waals surface area contributed by atoms with Crippen molar-refractivity contribution in [1.82, 2.24) is 14.9 Å². The van der Waals surface area contributed by atoms with E-state index in [1.165, 1.54) is 11.3 Å². The first kappa shape index (κ1) is 27.1. The molecule has 1 unspecified atom stereocenters. The average Bonchev–Trinajstić information content (AvgIpc) is 3.34. The van der Waals surface area contributed by atoms with E-state index in [-0.39, 0.29) is 17.2 Å². The van der Waals surface area contributed by atoms with Gasteiger partial charge >= 0.3 is 6.09 Å². The Balaban J connectivity index is 2.17. The number of benzene rings is 2. The second-order valence-corrected chi connectivity index (χ2v) is 11.7. The van der Waals surface area contributed by atoms with Crippen LogP contribution >= 0.6 is 11.3 Å². The van der Waals surface area contributed by atoms with Crippen LogP contribution in [0.1, 0.15) is 56.8 Å². The molecular weight excluding hydrogens is 500 g/mol. The lowest BCUT2D eigenvalue weighted by Crippen LogP contribution is -2.40. The summed E-state index contributed by atoms with van der Waals surface area (Å²) in [6.07, 6.45) is -1.16. The highest BCUT2D eigenvalue weighted by molar-refractivity contribution is 7.13. The molecule has 1 atom stereocenters. The Kier molecular flexibility index (Phi) is 7.42. The number of aromatic nitrogens is 2. The number of fused-ring (bicyclic) bond motifs is 1. The Morgan fingerprint density at radius 1 is 1.08 bits per heavy atom. The number of nitrogens with one attached hydrogen (secondary N) is 1. The van der Waals surface area contributed by atoms with Crippen molar-refractivity contribution in [1.29, 1.82) is 0 Å². The van der Waals surface area contributed by atoms with Crippen LogP contribution in [0.5, 0.6) is 0 Å². The summed E-state index contributed by atoms with van der Waals surface area (Å²) >= 11 is 1.29. The van der Waals surface area contributed by atoms with E-state index in [4.69, 9.17) is 5.73 Å². The molecule has 0 bridgehead atoms. The van der Waals surface area contributed by atoms with Gasteiger partial charge in [-0.15, -0.1) is 11.3 Å². The first-order valence-corrected chi connectivity index (χ1v) is 13.3. The zero-order valence-corrected chi connectivity index (χ0v) is 22.9. The van der Waals surface area contributed by atoms with Crippen LogP contribution in [0.2, 0.25) is 0 Å². The lowest BCUT2D eigenvalue weighted by Gasteiger charge is -2.35.